The quantitative estimate of drug-likeness (QED) is 0.360. The number of methoxy groups -OCH3 is 1. The van der Waals surface area contributed by atoms with Gasteiger partial charge in [0.2, 0.25) is 0 Å². The third-order valence-corrected chi connectivity index (χ3v) is 5.06. The minimum absolute atomic E-state index is 0.119. The molecule has 0 aliphatic heterocycles. The molecule has 0 aliphatic rings. The van der Waals surface area contributed by atoms with Gasteiger partial charge in [-0.1, -0.05) is 0 Å². The topological polar surface area (TPSA) is 108 Å². The van der Waals surface area contributed by atoms with Crippen LogP contribution in [0, 0.1) is 0 Å². The maximum absolute atomic E-state index is 13.4. The Morgan fingerprint density at radius 3 is 2.34 bits per heavy atom. The van der Waals surface area contributed by atoms with Gasteiger partial charge in [0.15, 0.2) is 23.0 Å². The molecule has 3 N–H and O–H groups in total. The molecular formula is C21H21N3O5. The van der Waals surface area contributed by atoms with E-state index >= 15 is 0 Å². The number of benzene rings is 2. The van der Waals surface area contributed by atoms with Crippen LogP contribution < -0.4 is 10.3 Å². The van der Waals surface area contributed by atoms with Gasteiger partial charge in [0.1, 0.15) is 0 Å². The standard InChI is InChI=1S/C21H21N3O5/c1-23(2)4-5-24-20-13-7-16(25)17(26)9-15(13)22-10-14(20)11-8-19(29-3)18(27)6-12(11)21(24)28/h6-10,25-27H,4-5H2,1-3H3. The first-order chi connectivity index (χ1) is 13.8. The van der Waals surface area contributed by atoms with Crippen molar-refractivity contribution in [3.63, 3.8) is 0 Å². The second-order valence-electron chi connectivity index (χ2n) is 7.21. The fourth-order valence-corrected chi connectivity index (χ4v) is 3.58. The number of hydrogen-bond donors (Lipinski definition) is 3. The van der Waals surface area contributed by atoms with Crippen LogP contribution in [0.2, 0.25) is 0 Å². The summed E-state index contributed by atoms with van der Waals surface area (Å²) >= 11 is 0. The number of fused-ring (bicyclic) bond motifs is 5. The molecule has 8 heteroatoms. The molecule has 2 aromatic heterocycles. The van der Waals surface area contributed by atoms with Gasteiger partial charge >= 0.3 is 0 Å². The normalized spacial score (nSPS) is 11.7. The number of likely N-dealkylation sites (N-methyl/N-ethyl adjacent to an activating group) is 1. The van der Waals surface area contributed by atoms with Crippen molar-refractivity contribution in [1.29, 1.82) is 0 Å². The molecule has 0 fully saturated rings. The molecule has 29 heavy (non-hydrogen) atoms. The average molecular weight is 395 g/mol. The van der Waals surface area contributed by atoms with Crippen LogP contribution >= 0.6 is 0 Å². The minimum Gasteiger partial charge on any atom is -0.504 e. The van der Waals surface area contributed by atoms with E-state index in [-0.39, 0.29) is 28.6 Å². The monoisotopic (exact) mass is 395 g/mol. The van der Waals surface area contributed by atoms with Crippen LogP contribution in [-0.2, 0) is 6.54 Å². The molecule has 4 aromatic rings. The van der Waals surface area contributed by atoms with Crippen molar-refractivity contribution in [1.82, 2.24) is 14.5 Å². The van der Waals surface area contributed by atoms with Crippen LogP contribution in [0.25, 0.3) is 32.6 Å². The summed E-state index contributed by atoms with van der Waals surface area (Å²) in [5, 5.41) is 32.3. The van der Waals surface area contributed by atoms with Gasteiger partial charge in [-0.05, 0) is 32.3 Å². The summed E-state index contributed by atoms with van der Waals surface area (Å²) in [4.78, 5) is 19.7. The van der Waals surface area contributed by atoms with Crippen LogP contribution in [-0.4, -0.2) is 57.5 Å². The van der Waals surface area contributed by atoms with Gasteiger partial charge in [-0.3, -0.25) is 9.78 Å². The number of phenolic OH excluding ortho intramolecular Hbond substituents is 3. The molecule has 0 unspecified atom stereocenters. The summed E-state index contributed by atoms with van der Waals surface area (Å²) in [6, 6.07) is 5.79. The zero-order chi connectivity index (χ0) is 20.9. The highest BCUT2D eigenvalue weighted by molar-refractivity contribution is 6.15. The number of ether oxygens (including phenoxy) is 1. The maximum Gasteiger partial charge on any atom is 0.259 e. The fourth-order valence-electron chi connectivity index (χ4n) is 3.58. The van der Waals surface area contributed by atoms with E-state index in [1.807, 2.05) is 19.0 Å². The van der Waals surface area contributed by atoms with Crippen LogP contribution in [0.1, 0.15) is 0 Å². The molecule has 2 heterocycles. The highest BCUT2D eigenvalue weighted by Crippen LogP contribution is 2.37. The lowest BCUT2D eigenvalue weighted by Crippen LogP contribution is -2.27. The Kier molecular flexibility index (Phi) is 4.43. The van der Waals surface area contributed by atoms with Crippen molar-refractivity contribution in [2.45, 2.75) is 6.54 Å². The van der Waals surface area contributed by atoms with Gasteiger partial charge in [-0.2, -0.15) is 0 Å². The molecule has 2 aromatic carbocycles. The number of rotatable bonds is 4. The van der Waals surface area contributed by atoms with Gasteiger partial charge in [0.25, 0.3) is 5.56 Å². The van der Waals surface area contributed by atoms with Gasteiger partial charge in [0.05, 0.1) is 23.5 Å². The van der Waals surface area contributed by atoms with Crippen molar-refractivity contribution in [3.05, 3.63) is 40.8 Å². The lowest BCUT2D eigenvalue weighted by molar-refractivity contribution is 0.374. The summed E-state index contributed by atoms with van der Waals surface area (Å²) in [5.74, 6) is -0.439. The van der Waals surface area contributed by atoms with E-state index in [0.717, 1.165) is 0 Å². The van der Waals surface area contributed by atoms with Crippen LogP contribution in [0.15, 0.2) is 35.3 Å². The second-order valence-corrected chi connectivity index (χ2v) is 7.21. The molecule has 0 saturated heterocycles. The molecule has 0 radical (unpaired) electrons. The third-order valence-electron chi connectivity index (χ3n) is 5.06. The molecular weight excluding hydrogens is 374 g/mol. The number of aromatic hydroxyl groups is 3. The fraction of sp³-hybridized carbons (Fsp3) is 0.238. The Morgan fingerprint density at radius 1 is 0.966 bits per heavy atom. The summed E-state index contributed by atoms with van der Waals surface area (Å²) in [6.07, 6.45) is 1.62. The summed E-state index contributed by atoms with van der Waals surface area (Å²) in [6.45, 7) is 1.00. The number of aromatic nitrogens is 2. The van der Waals surface area contributed by atoms with E-state index in [1.165, 1.54) is 25.3 Å². The van der Waals surface area contributed by atoms with Crippen molar-refractivity contribution >= 4 is 32.6 Å². The SMILES string of the molecule is COc1cc2c(cc1O)c(=O)n(CCN(C)C)c1c3cc(O)c(O)cc3ncc21. The minimum atomic E-state index is -0.290. The summed E-state index contributed by atoms with van der Waals surface area (Å²) in [7, 11) is 5.26. The van der Waals surface area contributed by atoms with E-state index in [9.17, 15) is 20.1 Å². The molecule has 0 aliphatic carbocycles. The van der Waals surface area contributed by atoms with Crippen LogP contribution in [0.3, 0.4) is 0 Å². The molecule has 0 spiro atoms. The number of nitrogens with zero attached hydrogens (tertiary/aromatic N) is 3. The molecule has 4 rings (SSSR count). The van der Waals surface area contributed by atoms with E-state index in [4.69, 9.17) is 4.74 Å². The van der Waals surface area contributed by atoms with Gasteiger partial charge in [0, 0.05) is 41.5 Å². The van der Waals surface area contributed by atoms with E-state index in [0.29, 0.717) is 45.7 Å². The number of phenols is 3. The zero-order valence-electron chi connectivity index (χ0n) is 16.3. The van der Waals surface area contributed by atoms with Crippen molar-refractivity contribution in [2.75, 3.05) is 27.7 Å². The number of pyridine rings is 2. The predicted molar refractivity (Wildman–Crippen MR) is 111 cm³/mol. The molecule has 0 atom stereocenters. The zero-order valence-corrected chi connectivity index (χ0v) is 16.3. The first kappa shape index (κ1) is 18.8. The summed E-state index contributed by atoms with van der Waals surface area (Å²) < 4.78 is 6.83. The van der Waals surface area contributed by atoms with Gasteiger partial charge < -0.3 is 29.5 Å². The molecule has 0 amide bonds. The Morgan fingerprint density at radius 2 is 1.66 bits per heavy atom. The Bertz CT molecular complexity index is 1330. The predicted octanol–water partition coefficient (Wildman–Crippen LogP) is 2.39. The average Bonchev–Trinajstić information content (AvgIpc) is 2.68. The summed E-state index contributed by atoms with van der Waals surface area (Å²) in [5.41, 5.74) is 0.778. The van der Waals surface area contributed by atoms with Crippen LogP contribution in [0.4, 0.5) is 0 Å². The highest BCUT2D eigenvalue weighted by atomic mass is 16.5. The Labute approximate surface area is 165 Å². The van der Waals surface area contributed by atoms with E-state index in [1.54, 1.807) is 16.8 Å². The third kappa shape index (κ3) is 2.98. The highest BCUT2D eigenvalue weighted by Gasteiger charge is 2.18. The van der Waals surface area contributed by atoms with Crippen molar-refractivity contribution < 1.29 is 20.1 Å². The largest absolute Gasteiger partial charge is 0.504 e. The van der Waals surface area contributed by atoms with E-state index < -0.39 is 0 Å². The van der Waals surface area contributed by atoms with Crippen molar-refractivity contribution in [2.24, 2.45) is 0 Å². The van der Waals surface area contributed by atoms with Crippen LogP contribution in [0.5, 0.6) is 23.0 Å². The molecule has 0 saturated carbocycles. The second kappa shape index (κ2) is 6.82. The molecule has 8 nitrogen and oxygen atoms in total. The lowest BCUT2D eigenvalue weighted by atomic mass is 10.0. The smallest absolute Gasteiger partial charge is 0.259 e. The van der Waals surface area contributed by atoms with Gasteiger partial charge in [-0.25, -0.2) is 0 Å². The molecule has 0 bridgehead atoms. The Balaban J connectivity index is 2.23. The van der Waals surface area contributed by atoms with E-state index in [2.05, 4.69) is 4.98 Å². The van der Waals surface area contributed by atoms with Gasteiger partial charge in [-0.15, -0.1) is 0 Å². The number of hydrogen-bond acceptors (Lipinski definition) is 7. The molecule has 150 valence electrons. The van der Waals surface area contributed by atoms with Crippen molar-refractivity contribution in [3.8, 4) is 23.0 Å². The lowest BCUT2D eigenvalue weighted by Gasteiger charge is -2.18. The first-order valence-electron chi connectivity index (χ1n) is 9.04. The Hall–Kier alpha value is -3.52. The maximum atomic E-state index is 13.4. The first-order valence-corrected chi connectivity index (χ1v) is 9.04.